The molecule has 13 atom stereocenters. The number of fused-ring (bicyclic) bond motifs is 7. The van der Waals surface area contributed by atoms with Crippen LogP contribution in [0.25, 0.3) is 0 Å². The van der Waals surface area contributed by atoms with E-state index in [2.05, 4.69) is 16.0 Å². The van der Waals surface area contributed by atoms with E-state index in [1.165, 1.54) is 32.1 Å². The zero-order valence-electron chi connectivity index (χ0n) is 39.5. The number of carbonyl (C=O) groups is 7. The molecule has 3 saturated carbocycles. The number of imide groups is 1. The van der Waals surface area contributed by atoms with Gasteiger partial charge in [-0.1, -0.05) is 55.5 Å². The summed E-state index contributed by atoms with van der Waals surface area (Å²) < 4.78 is 46.9. The summed E-state index contributed by atoms with van der Waals surface area (Å²) in [5.74, 6) is -5.84. The fraction of sp³-hybridized carbons (Fsp3) is 0.549. The number of ether oxygens (including phenoxy) is 2. The van der Waals surface area contributed by atoms with Crippen LogP contribution in [-0.2, 0) is 54.3 Å². The molecule has 6 N–H and O–H groups in total. The van der Waals surface area contributed by atoms with Gasteiger partial charge in [0.1, 0.15) is 24.9 Å². The molecule has 2 saturated heterocycles. The van der Waals surface area contributed by atoms with Gasteiger partial charge in [0.25, 0.3) is 11.8 Å². The van der Waals surface area contributed by atoms with Crippen LogP contribution in [0.15, 0.2) is 72.3 Å². The summed E-state index contributed by atoms with van der Waals surface area (Å²) in [5.41, 5.74) is -3.99. The lowest BCUT2D eigenvalue weighted by Crippen LogP contribution is -2.70. The molecule has 2 heterocycles. The molecule has 0 spiro atoms. The highest BCUT2D eigenvalue weighted by molar-refractivity contribution is 6.01. The standard InChI is InChI=1S/C51H60F2N4O13/c1-27(54-41(62)10-5-6-11-44(65)70-57-42(63)16-17-43(57)64)45(66)55-28(2)46(67)56-32-9-7-8-30(21-32)20-29-12-14-31(15-13-29)47-68-40-24-34-35-23-37(52)36-22-33(59)18-19-48(36,3)50(35,53)38(60)25-49(34,4)51(40,69-47)39(61)26-58/h7-9,12-15,18-19,21-22,27-28,33-35,37-38,40,47,58-60H,5-6,10-11,16-17,20,23-26H2,1-4H3,(H,54,62)(H,55,66)(H,56,67)/t27?,28-,33?,34-,35-,37-,38?,40+,47?,48?,49?,50-,51+/m0/s1. The third-order valence-electron chi connectivity index (χ3n) is 15.6. The van der Waals surface area contributed by atoms with Crippen LogP contribution in [0.1, 0.15) is 108 Å². The molecule has 5 amide bonds. The molecule has 4 aliphatic carbocycles. The Kier molecular flexibility index (Phi) is 14.1. The number of hydroxylamine groups is 2. The maximum Gasteiger partial charge on any atom is 0.333 e. The van der Waals surface area contributed by atoms with Gasteiger partial charge in [-0.3, -0.25) is 28.8 Å². The summed E-state index contributed by atoms with van der Waals surface area (Å²) in [6.45, 7) is 5.37. The van der Waals surface area contributed by atoms with E-state index in [9.17, 15) is 48.9 Å². The average molecular weight is 975 g/mol. The van der Waals surface area contributed by atoms with Crippen LogP contribution >= 0.6 is 0 Å². The Labute approximate surface area is 403 Å². The third kappa shape index (κ3) is 8.88. The molecular formula is C51H60F2N4O13. The van der Waals surface area contributed by atoms with Gasteiger partial charge in [-0.25, -0.2) is 13.6 Å². The van der Waals surface area contributed by atoms with Gasteiger partial charge < -0.3 is 45.6 Å². The minimum absolute atomic E-state index is 0.00570. The third-order valence-corrected chi connectivity index (χ3v) is 15.6. The maximum absolute atomic E-state index is 17.8. The van der Waals surface area contributed by atoms with Gasteiger partial charge in [0.05, 0.1) is 18.3 Å². The number of aliphatic hydroxyl groups excluding tert-OH is 3. The molecule has 70 heavy (non-hydrogen) atoms. The Bertz CT molecular complexity index is 2490. The van der Waals surface area contributed by atoms with Gasteiger partial charge in [-0.05, 0) is 100 Å². The fourth-order valence-electron chi connectivity index (χ4n) is 12.0. The summed E-state index contributed by atoms with van der Waals surface area (Å²) in [6.07, 6.45) is -1.65. The summed E-state index contributed by atoms with van der Waals surface area (Å²) >= 11 is 0. The Hall–Kier alpha value is -5.73. The first-order valence-electron chi connectivity index (χ1n) is 23.9. The minimum atomic E-state index is -2.32. The van der Waals surface area contributed by atoms with E-state index in [1.54, 1.807) is 44.2 Å². The van der Waals surface area contributed by atoms with Crippen molar-refractivity contribution >= 4 is 47.0 Å². The van der Waals surface area contributed by atoms with Crippen LogP contribution in [0.2, 0.25) is 0 Å². The highest BCUT2D eigenvalue weighted by atomic mass is 19.1. The lowest BCUT2D eigenvalue weighted by Gasteiger charge is -2.63. The molecule has 5 fully saturated rings. The number of hydrogen-bond acceptors (Lipinski definition) is 13. The van der Waals surface area contributed by atoms with E-state index in [1.807, 2.05) is 18.2 Å². The molecule has 2 aliphatic heterocycles. The van der Waals surface area contributed by atoms with E-state index < -0.39 is 125 Å². The number of rotatable bonds is 16. The van der Waals surface area contributed by atoms with Gasteiger partial charge >= 0.3 is 5.97 Å². The van der Waals surface area contributed by atoms with Crippen LogP contribution in [-0.4, -0.2) is 116 Å². The molecule has 2 aromatic carbocycles. The summed E-state index contributed by atoms with van der Waals surface area (Å²) in [5, 5.41) is 40.8. The number of nitrogens with zero attached hydrogens (tertiary/aromatic N) is 1. The predicted octanol–water partition coefficient (Wildman–Crippen LogP) is 3.83. The topological polar surface area (TPSA) is 247 Å². The number of ketones is 1. The normalized spacial score (nSPS) is 33.8. The van der Waals surface area contributed by atoms with Crippen molar-refractivity contribution in [1.29, 1.82) is 0 Å². The molecule has 6 unspecified atom stereocenters. The first kappa shape index (κ1) is 50.7. The molecule has 6 aliphatic rings. The fourth-order valence-corrected chi connectivity index (χ4v) is 12.0. The number of nitrogens with one attached hydrogen (secondary N) is 3. The number of halogens is 2. The minimum Gasteiger partial charge on any atom is -0.390 e. The second-order valence-corrected chi connectivity index (χ2v) is 20.0. The van der Waals surface area contributed by atoms with Gasteiger partial charge in [-0.15, -0.1) is 5.06 Å². The molecule has 8 rings (SSSR count). The second kappa shape index (κ2) is 19.5. The van der Waals surface area contributed by atoms with Crippen molar-refractivity contribution in [2.75, 3.05) is 11.9 Å². The Morgan fingerprint density at radius 2 is 1.59 bits per heavy atom. The number of amides is 5. The Balaban J connectivity index is 0.833. The van der Waals surface area contributed by atoms with Crippen LogP contribution in [0, 0.1) is 22.7 Å². The van der Waals surface area contributed by atoms with Crippen molar-refractivity contribution in [3.63, 3.8) is 0 Å². The van der Waals surface area contributed by atoms with Gasteiger partial charge in [0, 0.05) is 53.7 Å². The van der Waals surface area contributed by atoms with Crippen LogP contribution in [0.4, 0.5) is 14.5 Å². The highest BCUT2D eigenvalue weighted by Gasteiger charge is 2.80. The van der Waals surface area contributed by atoms with Crippen molar-refractivity contribution in [3.8, 4) is 0 Å². The number of carbonyl (C=O) groups excluding carboxylic acids is 7. The molecule has 19 heteroatoms. The van der Waals surface area contributed by atoms with Crippen molar-refractivity contribution in [1.82, 2.24) is 15.7 Å². The van der Waals surface area contributed by atoms with Crippen molar-refractivity contribution in [2.45, 2.75) is 146 Å². The van der Waals surface area contributed by atoms with Crippen molar-refractivity contribution < 1.29 is 72.0 Å². The zero-order chi connectivity index (χ0) is 50.5. The summed E-state index contributed by atoms with van der Waals surface area (Å²) in [4.78, 5) is 92.4. The van der Waals surface area contributed by atoms with Crippen LogP contribution in [0.5, 0.6) is 0 Å². The summed E-state index contributed by atoms with van der Waals surface area (Å²) in [6, 6.07) is 12.5. The van der Waals surface area contributed by atoms with Crippen molar-refractivity contribution in [2.24, 2.45) is 22.7 Å². The molecule has 376 valence electrons. The number of hydrogen-bond donors (Lipinski definition) is 6. The molecule has 0 radical (unpaired) electrons. The number of Topliss-reactive ketones (excluding diaryl/α,β-unsaturated/α-hetero) is 1. The molecule has 17 nitrogen and oxygen atoms in total. The van der Waals surface area contributed by atoms with E-state index in [0.29, 0.717) is 22.7 Å². The lowest BCUT2D eigenvalue weighted by molar-refractivity contribution is -0.235. The lowest BCUT2D eigenvalue weighted by atomic mass is 9.44. The number of allylic oxidation sites excluding steroid dienone is 2. The molecule has 2 aromatic rings. The molecular weight excluding hydrogens is 915 g/mol. The largest absolute Gasteiger partial charge is 0.390 e. The number of unbranched alkanes of at least 4 members (excludes halogenated alkanes) is 1. The van der Waals surface area contributed by atoms with Gasteiger partial charge in [0.2, 0.25) is 17.7 Å². The monoisotopic (exact) mass is 974 g/mol. The quantitative estimate of drug-likeness (QED) is 0.0797. The number of aliphatic hydroxyl groups is 3. The average Bonchev–Trinajstić information content (AvgIpc) is 3.94. The van der Waals surface area contributed by atoms with Gasteiger partial charge in [0.15, 0.2) is 23.3 Å². The Morgan fingerprint density at radius 3 is 2.29 bits per heavy atom. The summed E-state index contributed by atoms with van der Waals surface area (Å²) in [7, 11) is 0. The van der Waals surface area contributed by atoms with Crippen LogP contribution < -0.4 is 16.0 Å². The van der Waals surface area contributed by atoms with E-state index in [4.69, 9.17) is 14.3 Å². The first-order chi connectivity index (χ1) is 33.1. The SMILES string of the molecule is CC(NC(=O)CCCCC(=O)ON1C(=O)CCC1=O)C(=O)N[C@@H](C)C(=O)Nc1cccc(Cc2ccc(C3O[C@@H]4C[C@H]5[C@@H]6C[C@H](F)C7=CC(O)C=CC7(C)[C@@]6(F)C(O)CC5(C)[C@]4(C(=O)CO)O3)cc2)c1. The molecule has 0 bridgehead atoms. The number of anilines is 1. The van der Waals surface area contributed by atoms with E-state index in [-0.39, 0.29) is 63.4 Å². The van der Waals surface area contributed by atoms with E-state index >= 15 is 8.78 Å². The Morgan fingerprint density at radius 1 is 0.900 bits per heavy atom. The predicted molar refractivity (Wildman–Crippen MR) is 244 cm³/mol. The first-order valence-corrected chi connectivity index (χ1v) is 23.9. The van der Waals surface area contributed by atoms with Crippen molar-refractivity contribution in [3.05, 3.63) is 89.0 Å². The molecule has 0 aromatic heterocycles. The smallest absolute Gasteiger partial charge is 0.333 e. The number of benzene rings is 2. The second-order valence-electron chi connectivity index (χ2n) is 20.0. The van der Waals surface area contributed by atoms with Crippen LogP contribution in [0.3, 0.4) is 0 Å². The highest BCUT2D eigenvalue weighted by Crippen LogP contribution is 2.72. The van der Waals surface area contributed by atoms with E-state index in [0.717, 1.165) is 11.1 Å². The zero-order valence-corrected chi connectivity index (χ0v) is 39.5. The van der Waals surface area contributed by atoms with Gasteiger partial charge in [-0.2, -0.15) is 0 Å². The maximum atomic E-state index is 17.8. The number of alkyl halides is 2.